The van der Waals surface area contributed by atoms with E-state index in [1.165, 1.54) is 19.4 Å². The smallest absolute Gasteiger partial charge is 0.270 e. The number of ether oxygens (including phenoxy) is 2. The zero-order chi connectivity index (χ0) is 40.7. The number of unbranched alkanes of at least 4 members (excludes halogenated alkanes) is 1. The van der Waals surface area contributed by atoms with Gasteiger partial charge in [0.2, 0.25) is 17.7 Å². The fraction of sp³-hybridized carbons (Fsp3) is 0.395. The standard InChI is InChI=1S/C43H47F2N5O7/c1-27-9-14-36(40(53)48-27)50-41(54)33-13-12-32(24-34(33)42(50)55)57-20-5-4-19-49(2)38(51)22-29-7-6-8-30(21-29)25-47-39(52)35-23-31(37(56-3)26-46-35)11-10-28-15-17-43(44,45)18-16-28/h6-8,10-13,21,23-24,26,28,36H,1,4-5,9,14-20,22,25H2,2-3H3,(H,47,52)(H,48,53)/b11-10+. The highest BCUT2D eigenvalue weighted by atomic mass is 19.3. The number of hydrogen-bond donors (Lipinski definition) is 2. The maximum Gasteiger partial charge on any atom is 0.270 e. The second-order valence-corrected chi connectivity index (χ2v) is 14.7. The minimum Gasteiger partial charge on any atom is -0.495 e. The summed E-state index contributed by atoms with van der Waals surface area (Å²) in [7, 11) is 3.24. The molecule has 5 amide bonds. The maximum absolute atomic E-state index is 13.6. The predicted octanol–water partition coefficient (Wildman–Crippen LogP) is 6.11. The number of imide groups is 1. The number of carbonyl (C=O) groups excluding carboxylic acids is 5. The van der Waals surface area contributed by atoms with Gasteiger partial charge in [0.15, 0.2) is 0 Å². The first-order chi connectivity index (χ1) is 27.3. The Morgan fingerprint density at radius 3 is 2.54 bits per heavy atom. The van der Waals surface area contributed by atoms with E-state index in [2.05, 4.69) is 22.2 Å². The van der Waals surface area contributed by atoms with Crippen molar-refractivity contribution in [3.05, 3.63) is 107 Å². The summed E-state index contributed by atoms with van der Waals surface area (Å²) >= 11 is 0. The fourth-order valence-corrected chi connectivity index (χ4v) is 7.20. The van der Waals surface area contributed by atoms with Crippen LogP contribution in [0.5, 0.6) is 11.5 Å². The fourth-order valence-electron chi connectivity index (χ4n) is 7.20. The Labute approximate surface area is 330 Å². The number of carbonyl (C=O) groups is 5. The van der Waals surface area contributed by atoms with Crippen LogP contribution in [0.1, 0.15) is 99.3 Å². The van der Waals surface area contributed by atoms with Crippen LogP contribution in [0.3, 0.4) is 0 Å². The van der Waals surface area contributed by atoms with Gasteiger partial charge < -0.3 is 25.0 Å². The second-order valence-electron chi connectivity index (χ2n) is 14.7. The number of methoxy groups -OCH3 is 1. The zero-order valence-electron chi connectivity index (χ0n) is 32.2. The quantitative estimate of drug-likeness (QED) is 0.139. The van der Waals surface area contributed by atoms with Crippen LogP contribution < -0.4 is 20.1 Å². The molecule has 14 heteroatoms. The third kappa shape index (κ3) is 10.1. The number of aromatic nitrogens is 1. The molecule has 1 saturated carbocycles. The summed E-state index contributed by atoms with van der Waals surface area (Å²) in [4.78, 5) is 71.6. The van der Waals surface area contributed by atoms with Crippen molar-refractivity contribution in [2.45, 2.75) is 76.3 Å². The first kappa shape index (κ1) is 40.7. The number of hydrogen-bond acceptors (Lipinski definition) is 8. The molecule has 1 unspecified atom stereocenters. The van der Waals surface area contributed by atoms with Gasteiger partial charge in [-0.3, -0.25) is 28.9 Å². The molecule has 300 valence electrons. The molecular weight excluding hydrogens is 736 g/mol. The van der Waals surface area contributed by atoms with Gasteiger partial charge in [0.25, 0.3) is 17.7 Å². The Morgan fingerprint density at radius 1 is 1.04 bits per heavy atom. The molecular formula is C43H47F2N5O7. The number of allylic oxidation sites excluding steroid dienone is 2. The number of fused-ring (bicyclic) bond motifs is 1. The number of benzene rings is 2. The van der Waals surface area contributed by atoms with E-state index in [0.717, 1.165) is 16.0 Å². The van der Waals surface area contributed by atoms with Crippen molar-refractivity contribution in [2.75, 3.05) is 27.3 Å². The summed E-state index contributed by atoms with van der Waals surface area (Å²) in [6.45, 7) is 4.80. The molecule has 0 spiro atoms. The molecule has 2 aliphatic heterocycles. The summed E-state index contributed by atoms with van der Waals surface area (Å²) in [5, 5.41) is 5.50. The third-order valence-electron chi connectivity index (χ3n) is 10.6. The molecule has 0 radical (unpaired) electrons. The summed E-state index contributed by atoms with van der Waals surface area (Å²) in [5.74, 6) is -3.57. The van der Waals surface area contributed by atoms with E-state index >= 15 is 0 Å². The lowest BCUT2D eigenvalue weighted by Gasteiger charge is -2.29. The van der Waals surface area contributed by atoms with Gasteiger partial charge in [0.05, 0.1) is 37.5 Å². The number of halogens is 2. The van der Waals surface area contributed by atoms with Gasteiger partial charge in [0.1, 0.15) is 23.2 Å². The van der Waals surface area contributed by atoms with Crippen molar-refractivity contribution in [2.24, 2.45) is 5.92 Å². The van der Waals surface area contributed by atoms with E-state index in [-0.39, 0.29) is 54.5 Å². The van der Waals surface area contributed by atoms with Crippen LogP contribution in [0.2, 0.25) is 0 Å². The average molecular weight is 784 g/mol. The lowest BCUT2D eigenvalue weighted by molar-refractivity contribution is -0.129. The topological polar surface area (TPSA) is 147 Å². The Bertz CT molecular complexity index is 2080. The normalized spacial score (nSPS) is 18.0. The zero-order valence-corrected chi connectivity index (χ0v) is 32.2. The molecule has 1 atom stereocenters. The van der Waals surface area contributed by atoms with Gasteiger partial charge >= 0.3 is 0 Å². The largest absolute Gasteiger partial charge is 0.495 e. The number of nitrogens with zero attached hydrogens (tertiary/aromatic N) is 3. The van der Waals surface area contributed by atoms with E-state index in [9.17, 15) is 32.8 Å². The predicted molar refractivity (Wildman–Crippen MR) is 208 cm³/mol. The number of pyridine rings is 1. The number of piperidine rings is 1. The molecule has 6 rings (SSSR count). The van der Waals surface area contributed by atoms with Crippen molar-refractivity contribution in [1.29, 1.82) is 0 Å². The average Bonchev–Trinajstić information content (AvgIpc) is 3.44. The molecule has 3 aromatic rings. The highest BCUT2D eigenvalue weighted by Gasteiger charge is 2.44. The van der Waals surface area contributed by atoms with Crippen LogP contribution in [-0.2, 0) is 22.6 Å². The molecule has 2 aromatic carbocycles. The summed E-state index contributed by atoms with van der Waals surface area (Å²) in [6.07, 6.45) is 7.99. The molecule has 3 heterocycles. The monoisotopic (exact) mass is 783 g/mol. The van der Waals surface area contributed by atoms with Gasteiger partial charge in [-0.25, -0.2) is 13.8 Å². The van der Waals surface area contributed by atoms with Crippen molar-refractivity contribution in [3.63, 3.8) is 0 Å². The van der Waals surface area contributed by atoms with Gasteiger partial charge in [-0.2, -0.15) is 0 Å². The van der Waals surface area contributed by atoms with E-state index in [0.29, 0.717) is 74.4 Å². The Kier molecular flexibility index (Phi) is 12.8. The van der Waals surface area contributed by atoms with Crippen LogP contribution in [-0.4, -0.2) is 83.6 Å². The highest BCUT2D eigenvalue weighted by molar-refractivity contribution is 6.23. The molecule has 3 aliphatic rings. The first-order valence-corrected chi connectivity index (χ1v) is 19.2. The van der Waals surface area contributed by atoms with Gasteiger partial charge in [-0.1, -0.05) is 43.0 Å². The van der Waals surface area contributed by atoms with Crippen LogP contribution in [0.15, 0.2) is 73.1 Å². The SMILES string of the molecule is C=C1CCC(N2C(=O)c3ccc(OCCCCN(C)C(=O)Cc4cccc(CNC(=O)c5cc(/C=C/C6CCC(F)(F)CC6)c(OC)cn5)c4)cc3C2=O)C(=O)N1. The van der Waals surface area contributed by atoms with Gasteiger partial charge in [0, 0.05) is 44.2 Å². The lowest BCUT2D eigenvalue weighted by Crippen LogP contribution is -2.51. The van der Waals surface area contributed by atoms with Crippen molar-refractivity contribution in [3.8, 4) is 11.5 Å². The number of amides is 5. The van der Waals surface area contributed by atoms with Crippen molar-refractivity contribution in [1.82, 2.24) is 25.4 Å². The molecule has 1 aliphatic carbocycles. The first-order valence-electron chi connectivity index (χ1n) is 19.2. The number of likely N-dealkylation sites (N-methyl/N-ethyl adjacent to an activating group) is 1. The minimum absolute atomic E-state index is 0.0283. The summed E-state index contributed by atoms with van der Waals surface area (Å²) in [6, 6.07) is 12.9. The lowest BCUT2D eigenvalue weighted by atomic mass is 9.86. The van der Waals surface area contributed by atoms with E-state index in [4.69, 9.17) is 9.47 Å². The van der Waals surface area contributed by atoms with Crippen LogP contribution >= 0.6 is 0 Å². The number of alkyl halides is 2. The van der Waals surface area contributed by atoms with E-state index < -0.39 is 35.6 Å². The molecule has 2 N–H and O–H groups in total. The van der Waals surface area contributed by atoms with Crippen LogP contribution in [0.4, 0.5) is 8.78 Å². The van der Waals surface area contributed by atoms with Crippen molar-refractivity contribution >= 4 is 35.6 Å². The van der Waals surface area contributed by atoms with E-state index in [1.54, 1.807) is 36.2 Å². The van der Waals surface area contributed by atoms with Crippen LogP contribution in [0.25, 0.3) is 6.08 Å². The molecule has 1 aromatic heterocycles. The number of nitrogens with one attached hydrogen (secondary N) is 2. The van der Waals surface area contributed by atoms with Gasteiger partial charge in [-0.15, -0.1) is 0 Å². The molecule has 1 saturated heterocycles. The third-order valence-corrected chi connectivity index (χ3v) is 10.6. The number of rotatable bonds is 15. The molecule has 57 heavy (non-hydrogen) atoms. The Morgan fingerprint density at radius 2 is 1.79 bits per heavy atom. The maximum atomic E-state index is 13.6. The Balaban J connectivity index is 0.928. The molecule has 0 bridgehead atoms. The summed E-state index contributed by atoms with van der Waals surface area (Å²) < 4.78 is 38.4. The second kappa shape index (κ2) is 17.9. The molecule has 12 nitrogen and oxygen atoms in total. The van der Waals surface area contributed by atoms with Crippen LogP contribution in [0, 0.1) is 5.92 Å². The Hall–Kier alpha value is -5.92. The highest BCUT2D eigenvalue weighted by Crippen LogP contribution is 2.37. The van der Waals surface area contributed by atoms with Gasteiger partial charge in [-0.05, 0) is 79.8 Å². The summed E-state index contributed by atoms with van der Waals surface area (Å²) in [5.41, 5.74) is 3.44. The minimum atomic E-state index is -2.60. The van der Waals surface area contributed by atoms with Crippen molar-refractivity contribution < 1.29 is 42.2 Å². The van der Waals surface area contributed by atoms with E-state index in [1.807, 2.05) is 30.3 Å². The molecule has 2 fully saturated rings.